The first-order chi connectivity index (χ1) is 10.2. The topological polar surface area (TPSA) is 32.7 Å². The number of hydrogen-bond acceptors (Lipinski definition) is 3. The Bertz CT molecular complexity index is 510. The number of aliphatic hydroxyl groups excluding tert-OH is 1. The first kappa shape index (κ1) is 15.9. The second kappa shape index (κ2) is 8.07. The molecule has 0 amide bonds. The predicted octanol–water partition coefficient (Wildman–Crippen LogP) is 2.80. The van der Waals surface area contributed by atoms with Crippen LogP contribution in [0.4, 0.5) is 0 Å². The fraction of sp³-hybridized carbons (Fsp3) is 0.556. The van der Waals surface area contributed by atoms with Crippen LogP contribution in [-0.2, 0) is 6.54 Å². The minimum atomic E-state index is 0.112. The lowest BCUT2D eigenvalue weighted by atomic mass is 10.1. The Morgan fingerprint density at radius 1 is 1.33 bits per heavy atom. The van der Waals surface area contributed by atoms with Gasteiger partial charge in [-0.2, -0.15) is 0 Å². The number of ether oxygens (including phenoxy) is 1. The smallest absolute Gasteiger partial charge is 0.123 e. The van der Waals surface area contributed by atoms with Gasteiger partial charge in [-0.15, -0.1) is 0 Å². The van der Waals surface area contributed by atoms with E-state index in [0.29, 0.717) is 12.5 Å². The summed E-state index contributed by atoms with van der Waals surface area (Å²) in [6.45, 7) is 1.00. The lowest BCUT2D eigenvalue weighted by Gasteiger charge is -2.25. The maximum Gasteiger partial charge on any atom is 0.123 e. The quantitative estimate of drug-likeness (QED) is 0.845. The highest BCUT2D eigenvalue weighted by Gasteiger charge is 2.20. The van der Waals surface area contributed by atoms with E-state index in [4.69, 9.17) is 9.84 Å². The van der Waals surface area contributed by atoms with Crippen molar-refractivity contribution < 1.29 is 9.84 Å². The Kier molecular flexibility index (Phi) is 6.10. The Labute approximate surface area is 127 Å². The number of nitrogens with zero attached hydrogens (tertiary/aromatic N) is 1. The van der Waals surface area contributed by atoms with Crippen LogP contribution in [0, 0.1) is 11.8 Å². The van der Waals surface area contributed by atoms with Gasteiger partial charge in [0, 0.05) is 30.1 Å². The van der Waals surface area contributed by atoms with E-state index in [9.17, 15) is 0 Å². The monoisotopic (exact) mass is 287 g/mol. The summed E-state index contributed by atoms with van der Waals surface area (Å²) < 4.78 is 5.47. The van der Waals surface area contributed by atoms with Gasteiger partial charge in [0.25, 0.3) is 0 Å². The van der Waals surface area contributed by atoms with Crippen molar-refractivity contribution in [1.29, 1.82) is 0 Å². The molecule has 0 heterocycles. The lowest BCUT2D eigenvalue weighted by molar-refractivity contribution is 0.234. The third-order valence-corrected chi connectivity index (χ3v) is 4.12. The van der Waals surface area contributed by atoms with Gasteiger partial charge < -0.3 is 9.84 Å². The Hall–Kier alpha value is -1.50. The third kappa shape index (κ3) is 4.49. The normalized spacial score (nSPS) is 15.0. The Morgan fingerprint density at radius 3 is 2.76 bits per heavy atom. The van der Waals surface area contributed by atoms with Gasteiger partial charge in [0.05, 0.1) is 13.7 Å². The highest BCUT2D eigenvalue weighted by molar-refractivity contribution is 5.44. The van der Waals surface area contributed by atoms with Crippen molar-refractivity contribution in [1.82, 2.24) is 4.90 Å². The molecule has 1 aromatic rings. The largest absolute Gasteiger partial charge is 0.496 e. The first-order valence-electron chi connectivity index (χ1n) is 7.71. The van der Waals surface area contributed by atoms with Gasteiger partial charge in [0.1, 0.15) is 5.75 Å². The summed E-state index contributed by atoms with van der Waals surface area (Å²) in [6.07, 6.45) is 5.81. The van der Waals surface area contributed by atoms with E-state index in [1.54, 1.807) is 7.11 Å². The van der Waals surface area contributed by atoms with Crippen molar-refractivity contribution in [2.24, 2.45) is 0 Å². The summed E-state index contributed by atoms with van der Waals surface area (Å²) in [5.41, 5.74) is 2.17. The van der Waals surface area contributed by atoms with Crippen molar-refractivity contribution in [2.75, 3.05) is 20.8 Å². The molecule has 3 nitrogen and oxygen atoms in total. The van der Waals surface area contributed by atoms with Crippen LogP contribution in [0.2, 0.25) is 0 Å². The van der Waals surface area contributed by atoms with Crippen LogP contribution < -0.4 is 4.74 Å². The maximum absolute atomic E-state index is 8.79. The number of rotatable bonds is 5. The zero-order valence-electron chi connectivity index (χ0n) is 13.1. The van der Waals surface area contributed by atoms with E-state index < -0.39 is 0 Å². The molecule has 3 heteroatoms. The van der Waals surface area contributed by atoms with E-state index in [1.807, 2.05) is 12.1 Å². The summed E-state index contributed by atoms with van der Waals surface area (Å²) in [7, 11) is 3.91. The van der Waals surface area contributed by atoms with Gasteiger partial charge in [0.2, 0.25) is 0 Å². The second-order valence-electron chi connectivity index (χ2n) is 5.66. The molecule has 21 heavy (non-hydrogen) atoms. The predicted molar refractivity (Wildman–Crippen MR) is 85.3 cm³/mol. The van der Waals surface area contributed by atoms with Crippen LogP contribution in [0.3, 0.4) is 0 Å². The van der Waals surface area contributed by atoms with Crippen molar-refractivity contribution in [3.8, 4) is 17.6 Å². The molecule has 1 aromatic carbocycles. The summed E-state index contributed by atoms with van der Waals surface area (Å²) in [5, 5.41) is 8.79. The molecule has 1 aliphatic carbocycles. The SMILES string of the molecule is COc1ccc(C#CCCO)cc1CN(C)C1CCCC1. The van der Waals surface area contributed by atoms with E-state index >= 15 is 0 Å². The van der Waals surface area contributed by atoms with Gasteiger partial charge in [0.15, 0.2) is 0 Å². The molecule has 0 aliphatic heterocycles. The minimum absolute atomic E-state index is 0.112. The fourth-order valence-corrected chi connectivity index (χ4v) is 2.94. The van der Waals surface area contributed by atoms with E-state index in [2.05, 4.69) is 29.9 Å². The molecule has 0 unspecified atom stereocenters. The summed E-state index contributed by atoms with van der Waals surface area (Å²) in [6, 6.07) is 6.76. The molecule has 0 aromatic heterocycles. The van der Waals surface area contributed by atoms with Gasteiger partial charge in [-0.05, 0) is 38.1 Å². The Morgan fingerprint density at radius 2 is 2.10 bits per heavy atom. The van der Waals surface area contributed by atoms with Crippen molar-refractivity contribution in [2.45, 2.75) is 44.7 Å². The standard InChI is InChI=1S/C18H25NO2/c1-19(17-8-3-4-9-17)14-16-13-15(7-5-6-12-20)10-11-18(16)21-2/h10-11,13,17,20H,3-4,6,8-9,12,14H2,1-2H3. The zero-order valence-corrected chi connectivity index (χ0v) is 13.1. The lowest BCUT2D eigenvalue weighted by Crippen LogP contribution is -2.28. The number of aliphatic hydroxyl groups is 1. The van der Waals surface area contributed by atoms with Crippen LogP contribution in [0.15, 0.2) is 18.2 Å². The van der Waals surface area contributed by atoms with Crippen LogP contribution in [0.25, 0.3) is 0 Å². The van der Waals surface area contributed by atoms with Gasteiger partial charge in [-0.3, -0.25) is 4.90 Å². The second-order valence-corrected chi connectivity index (χ2v) is 5.66. The average molecular weight is 287 g/mol. The molecule has 0 radical (unpaired) electrons. The highest BCUT2D eigenvalue weighted by atomic mass is 16.5. The van der Waals surface area contributed by atoms with Crippen LogP contribution in [0.1, 0.15) is 43.2 Å². The van der Waals surface area contributed by atoms with Crippen LogP contribution >= 0.6 is 0 Å². The summed E-state index contributed by atoms with van der Waals surface area (Å²) >= 11 is 0. The molecular weight excluding hydrogens is 262 g/mol. The molecule has 114 valence electrons. The molecule has 0 saturated heterocycles. The molecule has 0 bridgehead atoms. The van der Waals surface area contributed by atoms with Gasteiger partial charge >= 0.3 is 0 Å². The van der Waals surface area contributed by atoms with E-state index in [0.717, 1.165) is 17.9 Å². The number of methoxy groups -OCH3 is 1. The fourth-order valence-electron chi connectivity index (χ4n) is 2.94. The number of benzene rings is 1. The van der Waals surface area contributed by atoms with Crippen molar-refractivity contribution in [3.05, 3.63) is 29.3 Å². The van der Waals surface area contributed by atoms with Crippen LogP contribution in [0.5, 0.6) is 5.75 Å². The molecule has 1 saturated carbocycles. The third-order valence-electron chi connectivity index (χ3n) is 4.12. The van der Waals surface area contributed by atoms with E-state index in [-0.39, 0.29) is 6.61 Å². The summed E-state index contributed by atoms with van der Waals surface area (Å²) in [4.78, 5) is 2.43. The molecule has 1 aliphatic rings. The van der Waals surface area contributed by atoms with Crippen LogP contribution in [-0.4, -0.2) is 36.8 Å². The maximum atomic E-state index is 8.79. The molecule has 1 N–H and O–H groups in total. The molecular formula is C18H25NO2. The molecule has 0 spiro atoms. The molecule has 0 atom stereocenters. The highest BCUT2D eigenvalue weighted by Crippen LogP contribution is 2.26. The van der Waals surface area contributed by atoms with Crippen molar-refractivity contribution in [3.63, 3.8) is 0 Å². The average Bonchev–Trinajstić information content (AvgIpc) is 3.02. The van der Waals surface area contributed by atoms with Gasteiger partial charge in [-0.25, -0.2) is 0 Å². The minimum Gasteiger partial charge on any atom is -0.496 e. The molecule has 1 fully saturated rings. The van der Waals surface area contributed by atoms with Gasteiger partial charge in [-0.1, -0.05) is 24.7 Å². The zero-order chi connectivity index (χ0) is 15.1. The number of hydrogen-bond donors (Lipinski definition) is 1. The van der Waals surface area contributed by atoms with E-state index in [1.165, 1.54) is 31.2 Å². The molecule has 2 rings (SSSR count). The first-order valence-corrected chi connectivity index (χ1v) is 7.71. The van der Waals surface area contributed by atoms with Crippen molar-refractivity contribution >= 4 is 0 Å². The summed E-state index contributed by atoms with van der Waals surface area (Å²) in [5.74, 6) is 6.99. The Balaban J connectivity index is 2.11.